The fraction of sp³-hybridized carbons (Fsp3) is 0.278. The minimum atomic E-state index is -0.600. The molecular formula is C36H33NO6. The van der Waals surface area contributed by atoms with Gasteiger partial charge in [-0.2, -0.15) is 0 Å². The highest BCUT2D eigenvalue weighted by Gasteiger charge is 2.23. The Hall–Kier alpha value is -4.78. The lowest BCUT2D eigenvalue weighted by atomic mass is 9.95. The van der Waals surface area contributed by atoms with Crippen molar-refractivity contribution in [3.8, 4) is 17.2 Å². The number of aromatic nitrogens is 1. The van der Waals surface area contributed by atoms with Gasteiger partial charge in [0, 0.05) is 21.5 Å². The Morgan fingerprint density at radius 3 is 1.51 bits per heavy atom. The smallest absolute Gasteiger partial charge is 0.266 e. The molecule has 0 aliphatic carbocycles. The number of phenolic OH excluding ortho intramolecular Hbond substituents is 2. The third-order valence-electron chi connectivity index (χ3n) is 8.64. The molecule has 0 aliphatic heterocycles. The van der Waals surface area contributed by atoms with Crippen molar-refractivity contribution in [3.05, 3.63) is 107 Å². The predicted molar refractivity (Wildman–Crippen MR) is 173 cm³/mol. The number of aryl methyl sites for hydroxylation is 1. The number of benzene rings is 5. The van der Waals surface area contributed by atoms with Crippen LogP contribution in [0.25, 0.3) is 48.8 Å². The average molecular weight is 576 g/mol. The van der Waals surface area contributed by atoms with Gasteiger partial charge in [-0.05, 0) is 42.7 Å². The number of nitrogens with zero attached hydrogens (tertiary/aromatic N) is 1. The molecule has 0 aliphatic rings. The summed E-state index contributed by atoms with van der Waals surface area (Å²) in [6.45, 7) is 2.22. The molecule has 0 saturated heterocycles. The maximum atomic E-state index is 13.5. The third kappa shape index (κ3) is 4.79. The number of aromatic hydroxyl groups is 2. The Bertz CT molecular complexity index is 2090. The van der Waals surface area contributed by atoms with Crippen LogP contribution in [0.15, 0.2) is 79.8 Å². The lowest BCUT2D eigenvalue weighted by Gasteiger charge is -2.10. The fourth-order valence-electron chi connectivity index (χ4n) is 6.28. The zero-order valence-electron chi connectivity index (χ0n) is 24.1. The van der Waals surface area contributed by atoms with Crippen LogP contribution < -0.4 is 22.0 Å². The Kier molecular flexibility index (Phi) is 7.57. The first-order valence-electron chi connectivity index (χ1n) is 15.0. The summed E-state index contributed by atoms with van der Waals surface area (Å²) in [6.07, 6.45) is 10.8. The van der Waals surface area contributed by atoms with E-state index in [1.165, 1.54) is 69.2 Å². The number of phenols is 2. The van der Waals surface area contributed by atoms with E-state index in [0.717, 1.165) is 23.0 Å². The minimum absolute atomic E-state index is 0.0132. The van der Waals surface area contributed by atoms with Gasteiger partial charge in [-0.3, -0.25) is 19.2 Å². The molecule has 7 nitrogen and oxygen atoms in total. The standard InChI is InChI=1S/C36H33NO6/c1-2-3-4-5-6-7-8-9-12-21-15-17-22(18-16-21)37-35(42)27-19-25-26(20-28(27)36(37)43)34(41)30-29(33(25)40)31(38)23-13-10-11-14-24(23)32(30)39/h10-11,13-20,40-41H,2-9,12H2,1H3. The molecule has 0 bridgehead atoms. The van der Waals surface area contributed by atoms with Crippen LogP contribution in [0.4, 0.5) is 0 Å². The lowest BCUT2D eigenvalue weighted by molar-refractivity contribution is 0.478. The summed E-state index contributed by atoms with van der Waals surface area (Å²) in [7, 11) is 0. The number of unbranched alkanes of at least 4 members (excludes halogenated alkanes) is 7. The molecular weight excluding hydrogens is 542 g/mol. The van der Waals surface area contributed by atoms with Crippen LogP contribution in [0.2, 0.25) is 0 Å². The molecule has 7 heteroatoms. The zero-order chi connectivity index (χ0) is 30.2. The van der Waals surface area contributed by atoms with E-state index in [4.69, 9.17) is 0 Å². The van der Waals surface area contributed by atoms with E-state index < -0.39 is 33.5 Å². The van der Waals surface area contributed by atoms with Crippen LogP contribution in [0.1, 0.15) is 63.9 Å². The molecule has 0 fully saturated rings. The second-order valence-corrected chi connectivity index (χ2v) is 11.4. The molecule has 0 radical (unpaired) electrons. The largest absolute Gasteiger partial charge is 0.506 e. The van der Waals surface area contributed by atoms with E-state index >= 15 is 0 Å². The molecule has 0 atom stereocenters. The normalized spacial score (nSPS) is 11.8. The first-order valence-corrected chi connectivity index (χ1v) is 15.0. The second-order valence-electron chi connectivity index (χ2n) is 11.4. The lowest BCUT2D eigenvalue weighted by Crippen LogP contribution is -2.23. The second kappa shape index (κ2) is 11.5. The van der Waals surface area contributed by atoms with E-state index in [1.54, 1.807) is 24.3 Å². The first-order chi connectivity index (χ1) is 20.8. The van der Waals surface area contributed by atoms with Crippen LogP contribution in [-0.2, 0) is 6.42 Å². The van der Waals surface area contributed by atoms with Gasteiger partial charge < -0.3 is 10.2 Å². The van der Waals surface area contributed by atoms with Gasteiger partial charge in [0.05, 0.1) is 27.2 Å². The molecule has 6 aromatic rings. The molecule has 5 aromatic carbocycles. The SMILES string of the molecule is CCCCCCCCCCc1ccc(-n2c(=O)c3cc4c(O)c5c(=O)c6ccccc6c(=O)c5c(O)c4cc3c2=O)cc1. The molecule has 6 rings (SSSR count). The van der Waals surface area contributed by atoms with E-state index in [-0.39, 0.29) is 43.1 Å². The van der Waals surface area contributed by atoms with Gasteiger partial charge in [0.2, 0.25) is 0 Å². The van der Waals surface area contributed by atoms with Crippen molar-refractivity contribution >= 4 is 43.1 Å². The van der Waals surface area contributed by atoms with E-state index in [9.17, 15) is 29.4 Å². The highest BCUT2D eigenvalue weighted by molar-refractivity contribution is 6.16. The van der Waals surface area contributed by atoms with Crippen molar-refractivity contribution in [2.75, 3.05) is 0 Å². The molecule has 43 heavy (non-hydrogen) atoms. The summed E-state index contributed by atoms with van der Waals surface area (Å²) in [4.78, 5) is 53.5. The van der Waals surface area contributed by atoms with Gasteiger partial charge in [0.15, 0.2) is 10.9 Å². The molecule has 0 amide bonds. The molecule has 0 saturated carbocycles. The zero-order valence-corrected chi connectivity index (χ0v) is 24.1. The highest BCUT2D eigenvalue weighted by atomic mass is 16.3. The third-order valence-corrected chi connectivity index (χ3v) is 8.64. The van der Waals surface area contributed by atoms with Crippen LogP contribution in [0, 0.1) is 0 Å². The summed E-state index contributed by atoms with van der Waals surface area (Å²) >= 11 is 0. The van der Waals surface area contributed by atoms with Gasteiger partial charge in [0.25, 0.3) is 11.1 Å². The Morgan fingerprint density at radius 1 is 0.558 bits per heavy atom. The molecule has 1 aromatic heterocycles. The van der Waals surface area contributed by atoms with E-state index in [2.05, 4.69) is 6.92 Å². The monoisotopic (exact) mass is 575 g/mol. The van der Waals surface area contributed by atoms with Crippen LogP contribution >= 0.6 is 0 Å². The van der Waals surface area contributed by atoms with Gasteiger partial charge in [0.1, 0.15) is 11.5 Å². The van der Waals surface area contributed by atoms with Crippen molar-refractivity contribution in [1.29, 1.82) is 0 Å². The van der Waals surface area contributed by atoms with Crippen LogP contribution in [-0.4, -0.2) is 14.8 Å². The molecule has 0 unspecified atom stereocenters. The van der Waals surface area contributed by atoms with Crippen molar-refractivity contribution in [1.82, 2.24) is 4.57 Å². The molecule has 0 spiro atoms. The van der Waals surface area contributed by atoms with Crippen LogP contribution in [0.3, 0.4) is 0 Å². The van der Waals surface area contributed by atoms with Gasteiger partial charge in [-0.15, -0.1) is 0 Å². The maximum Gasteiger partial charge on any atom is 0.266 e. The van der Waals surface area contributed by atoms with Gasteiger partial charge in [-0.1, -0.05) is 88.3 Å². The van der Waals surface area contributed by atoms with Crippen molar-refractivity contribution in [2.45, 2.75) is 64.7 Å². The van der Waals surface area contributed by atoms with Gasteiger partial charge in [-0.25, -0.2) is 4.57 Å². The van der Waals surface area contributed by atoms with E-state index in [0.29, 0.717) is 5.69 Å². The summed E-state index contributed by atoms with van der Waals surface area (Å²) < 4.78 is 1.07. The van der Waals surface area contributed by atoms with Crippen molar-refractivity contribution in [3.63, 3.8) is 0 Å². The Morgan fingerprint density at radius 2 is 1.02 bits per heavy atom. The Labute approximate surface area is 247 Å². The first kappa shape index (κ1) is 28.3. The summed E-state index contributed by atoms with van der Waals surface area (Å²) in [5.74, 6) is -1.02. The van der Waals surface area contributed by atoms with E-state index in [1.807, 2.05) is 12.1 Å². The molecule has 1 heterocycles. The minimum Gasteiger partial charge on any atom is -0.506 e. The van der Waals surface area contributed by atoms with Crippen molar-refractivity contribution < 1.29 is 10.2 Å². The number of fused-ring (bicyclic) bond motifs is 4. The summed E-state index contributed by atoms with van der Waals surface area (Å²) in [5.41, 5.74) is -0.784. The van der Waals surface area contributed by atoms with Crippen LogP contribution in [0.5, 0.6) is 11.5 Å². The highest BCUT2D eigenvalue weighted by Crippen LogP contribution is 2.40. The quantitative estimate of drug-likeness (QED) is 0.110. The number of hydrogen-bond acceptors (Lipinski definition) is 6. The molecule has 2 N–H and O–H groups in total. The summed E-state index contributed by atoms with van der Waals surface area (Å²) in [6, 6.07) is 16.2. The summed E-state index contributed by atoms with van der Waals surface area (Å²) in [5, 5.41) is 22.1. The fourth-order valence-corrected chi connectivity index (χ4v) is 6.28. The van der Waals surface area contributed by atoms with Gasteiger partial charge >= 0.3 is 0 Å². The van der Waals surface area contributed by atoms with Crippen molar-refractivity contribution in [2.24, 2.45) is 0 Å². The predicted octanol–water partition coefficient (Wildman–Crippen LogP) is 6.50. The average Bonchev–Trinajstić information content (AvgIpc) is 3.27. The Balaban J connectivity index is 1.37. The number of rotatable bonds is 10. The maximum absolute atomic E-state index is 13.5. The number of hydrogen-bond donors (Lipinski definition) is 2. The molecule has 218 valence electrons. The topological polar surface area (TPSA) is 114 Å².